The second-order valence-corrected chi connectivity index (χ2v) is 7.19. The molecule has 0 bridgehead atoms. The average molecular weight is 369 g/mol. The lowest BCUT2D eigenvalue weighted by Gasteiger charge is -2.41. The van der Waals surface area contributed by atoms with Crippen LogP contribution in [0.15, 0.2) is 57.7 Å². The third-order valence-corrected chi connectivity index (χ3v) is 5.80. The lowest BCUT2D eigenvalue weighted by Crippen LogP contribution is -2.46. The highest BCUT2D eigenvalue weighted by Gasteiger charge is 2.39. The fourth-order valence-electron chi connectivity index (χ4n) is 3.35. The first kappa shape index (κ1) is 16.9. The minimum absolute atomic E-state index is 0.0936. The topological polar surface area (TPSA) is 60.5 Å². The summed E-state index contributed by atoms with van der Waals surface area (Å²) in [6.07, 6.45) is 1.72. The van der Waals surface area contributed by atoms with Gasteiger partial charge in [0.2, 0.25) is 5.91 Å². The molecular weight excluding hydrogens is 353 g/mol. The quantitative estimate of drug-likeness (QED) is 0.827. The molecule has 1 aromatic carbocycles. The van der Waals surface area contributed by atoms with Crippen LogP contribution < -0.4 is 0 Å². The first-order valence-corrected chi connectivity index (χ1v) is 9.22. The van der Waals surface area contributed by atoms with E-state index in [1.54, 1.807) is 29.4 Å². The number of hydrogen-bond acceptors (Lipinski definition) is 5. The van der Waals surface area contributed by atoms with Gasteiger partial charge in [0.25, 0.3) is 0 Å². The summed E-state index contributed by atoms with van der Waals surface area (Å²) >= 11 is 1.44. The number of fused-ring (bicyclic) bond motifs is 1. The van der Waals surface area contributed by atoms with Crippen molar-refractivity contribution >= 4 is 17.7 Å². The van der Waals surface area contributed by atoms with Gasteiger partial charge in [0.1, 0.15) is 11.6 Å². The first-order valence-electron chi connectivity index (χ1n) is 8.24. The molecule has 2 aliphatic rings. The zero-order valence-corrected chi connectivity index (χ0v) is 14.7. The molecule has 1 aromatic heterocycles. The van der Waals surface area contributed by atoms with Crippen LogP contribution in [-0.4, -0.2) is 28.3 Å². The first-order chi connectivity index (χ1) is 12.7. The maximum atomic E-state index is 14.2. The van der Waals surface area contributed by atoms with Crippen molar-refractivity contribution in [1.82, 2.24) is 9.80 Å². The normalized spacial score (nSPS) is 20.8. The second kappa shape index (κ2) is 6.98. The van der Waals surface area contributed by atoms with Crippen molar-refractivity contribution in [3.8, 4) is 6.07 Å². The van der Waals surface area contributed by atoms with Crippen LogP contribution in [0, 0.1) is 17.1 Å². The van der Waals surface area contributed by atoms with Gasteiger partial charge < -0.3 is 4.42 Å². The summed E-state index contributed by atoms with van der Waals surface area (Å²) in [5.74, 6) is 0.460. The second-order valence-electron chi connectivity index (χ2n) is 6.25. The fourth-order valence-corrected chi connectivity index (χ4v) is 4.49. The molecule has 1 fully saturated rings. The van der Waals surface area contributed by atoms with Gasteiger partial charge in [-0.1, -0.05) is 30.0 Å². The molecule has 1 amide bonds. The van der Waals surface area contributed by atoms with Crippen molar-refractivity contribution in [3.63, 3.8) is 0 Å². The van der Waals surface area contributed by atoms with Gasteiger partial charge in [-0.25, -0.2) is 4.39 Å². The largest absolute Gasteiger partial charge is 0.468 e. The molecule has 0 unspecified atom stereocenters. The van der Waals surface area contributed by atoms with Crippen LogP contribution in [0.3, 0.4) is 0 Å². The molecule has 0 spiro atoms. The minimum Gasteiger partial charge on any atom is -0.468 e. The predicted octanol–water partition coefficient (Wildman–Crippen LogP) is 3.63. The Bertz CT molecular complexity index is 904. The molecule has 0 saturated carbocycles. The summed E-state index contributed by atoms with van der Waals surface area (Å²) in [5.41, 5.74) is 0.875. The van der Waals surface area contributed by atoms with Gasteiger partial charge in [-0.2, -0.15) is 5.26 Å². The maximum absolute atomic E-state index is 14.2. The number of nitriles is 1. The van der Waals surface area contributed by atoms with E-state index in [9.17, 15) is 14.4 Å². The highest BCUT2D eigenvalue weighted by molar-refractivity contribution is 8.03. The molecule has 1 saturated heterocycles. The van der Waals surface area contributed by atoms with Crippen LogP contribution in [0.25, 0.3) is 0 Å². The molecule has 2 aromatic rings. The number of furan rings is 1. The van der Waals surface area contributed by atoms with E-state index < -0.39 is 5.92 Å². The Morgan fingerprint density at radius 1 is 1.31 bits per heavy atom. The van der Waals surface area contributed by atoms with E-state index in [4.69, 9.17) is 4.42 Å². The van der Waals surface area contributed by atoms with Crippen LogP contribution in [0.5, 0.6) is 0 Å². The highest BCUT2D eigenvalue weighted by atomic mass is 32.2. The van der Waals surface area contributed by atoms with E-state index in [1.807, 2.05) is 12.1 Å². The number of amides is 1. The lowest BCUT2D eigenvalue weighted by molar-refractivity contribution is -0.132. The van der Waals surface area contributed by atoms with Gasteiger partial charge in [-0.15, -0.1) is 0 Å². The van der Waals surface area contributed by atoms with Crippen molar-refractivity contribution in [2.45, 2.75) is 18.9 Å². The summed E-state index contributed by atoms with van der Waals surface area (Å²) in [4.78, 5) is 16.4. The molecule has 0 aliphatic carbocycles. The van der Waals surface area contributed by atoms with Crippen molar-refractivity contribution < 1.29 is 13.6 Å². The number of thioether (sulfide) groups is 1. The number of benzene rings is 1. The number of nitrogens with zero attached hydrogens (tertiary/aromatic N) is 3. The third kappa shape index (κ3) is 3.02. The smallest absolute Gasteiger partial charge is 0.229 e. The minimum atomic E-state index is -0.524. The molecule has 2 aliphatic heterocycles. The molecule has 7 heteroatoms. The molecule has 132 valence electrons. The van der Waals surface area contributed by atoms with E-state index >= 15 is 0 Å². The van der Waals surface area contributed by atoms with E-state index in [0.717, 1.165) is 5.76 Å². The number of halogens is 1. The monoisotopic (exact) mass is 369 g/mol. The molecule has 0 N–H and O–H groups in total. The van der Waals surface area contributed by atoms with Gasteiger partial charge >= 0.3 is 0 Å². The summed E-state index contributed by atoms with van der Waals surface area (Å²) < 4.78 is 19.6. The number of carbonyl (C=O) groups is 1. The summed E-state index contributed by atoms with van der Waals surface area (Å²) in [6.45, 7) is 0.993. The van der Waals surface area contributed by atoms with Crippen LogP contribution in [-0.2, 0) is 11.3 Å². The van der Waals surface area contributed by atoms with E-state index in [1.165, 1.54) is 17.8 Å². The Morgan fingerprint density at radius 2 is 2.15 bits per heavy atom. The highest BCUT2D eigenvalue weighted by Crippen LogP contribution is 2.43. The third-order valence-electron chi connectivity index (χ3n) is 4.59. The standard InChI is InChI=1S/C19H16FN3O2S/c20-17-6-2-1-5-14(17)15-8-18(24)23-11-22(10-13-4-3-7-25-13)12-26-19(23)16(15)9-21/h1-7,15H,8,10-12H2/t15-/m0/s1. The van der Waals surface area contributed by atoms with E-state index in [0.29, 0.717) is 35.3 Å². The number of rotatable bonds is 3. The molecule has 5 nitrogen and oxygen atoms in total. The molecule has 4 rings (SSSR count). The SMILES string of the molecule is N#CC1=C2SCN(Cc3ccco3)CN2C(=O)C[C@H]1c1ccccc1F. The van der Waals surface area contributed by atoms with E-state index in [2.05, 4.69) is 11.0 Å². The predicted molar refractivity (Wildman–Crippen MR) is 94.8 cm³/mol. The van der Waals surface area contributed by atoms with Crippen molar-refractivity contribution in [2.75, 3.05) is 12.5 Å². The van der Waals surface area contributed by atoms with Crippen molar-refractivity contribution in [3.05, 3.63) is 70.4 Å². The van der Waals surface area contributed by atoms with Crippen LogP contribution in [0.4, 0.5) is 4.39 Å². The van der Waals surface area contributed by atoms with Crippen LogP contribution >= 0.6 is 11.8 Å². The van der Waals surface area contributed by atoms with Gasteiger partial charge in [-0.3, -0.25) is 14.6 Å². The summed E-state index contributed by atoms with van der Waals surface area (Å²) in [6, 6.07) is 12.3. The van der Waals surface area contributed by atoms with Crippen LogP contribution in [0.2, 0.25) is 0 Å². The van der Waals surface area contributed by atoms with Gasteiger partial charge in [0.05, 0.1) is 42.0 Å². The Labute approximate surface area is 154 Å². The molecule has 3 heterocycles. The zero-order chi connectivity index (χ0) is 18.1. The molecular formula is C19H16FN3O2S. The molecule has 26 heavy (non-hydrogen) atoms. The number of allylic oxidation sites excluding steroid dienone is 1. The molecule has 0 radical (unpaired) electrons. The number of carbonyl (C=O) groups excluding carboxylic acids is 1. The van der Waals surface area contributed by atoms with Gasteiger partial charge in [-0.05, 0) is 23.8 Å². The number of hydrogen-bond donors (Lipinski definition) is 0. The molecule has 1 atom stereocenters. The Balaban J connectivity index is 1.63. The van der Waals surface area contributed by atoms with Crippen molar-refractivity contribution in [1.29, 1.82) is 5.26 Å². The van der Waals surface area contributed by atoms with Gasteiger partial charge in [0.15, 0.2) is 0 Å². The van der Waals surface area contributed by atoms with E-state index in [-0.39, 0.29) is 18.1 Å². The Kier molecular flexibility index (Phi) is 4.53. The Morgan fingerprint density at radius 3 is 2.88 bits per heavy atom. The van der Waals surface area contributed by atoms with Crippen molar-refractivity contribution in [2.24, 2.45) is 0 Å². The Hall–Kier alpha value is -2.56. The fraction of sp³-hybridized carbons (Fsp3) is 0.263. The summed E-state index contributed by atoms with van der Waals surface area (Å²) in [7, 11) is 0. The maximum Gasteiger partial charge on any atom is 0.229 e. The summed E-state index contributed by atoms with van der Waals surface area (Å²) in [5, 5.41) is 10.3. The van der Waals surface area contributed by atoms with Gasteiger partial charge in [0, 0.05) is 12.3 Å². The van der Waals surface area contributed by atoms with Crippen LogP contribution in [0.1, 0.15) is 23.7 Å². The average Bonchev–Trinajstić information content (AvgIpc) is 3.15. The zero-order valence-electron chi connectivity index (χ0n) is 13.9. The lowest BCUT2D eigenvalue weighted by atomic mass is 9.86.